The van der Waals surface area contributed by atoms with Gasteiger partial charge in [0.2, 0.25) is 0 Å². The van der Waals surface area contributed by atoms with Gasteiger partial charge < -0.3 is 23.5 Å². The molecular weight excluding hydrogens is 482 g/mol. The van der Waals surface area contributed by atoms with E-state index < -0.39 is 0 Å². The van der Waals surface area contributed by atoms with Crippen molar-refractivity contribution in [3.63, 3.8) is 0 Å². The lowest BCUT2D eigenvalue weighted by Gasteiger charge is -2.13. The van der Waals surface area contributed by atoms with Gasteiger partial charge in [0.1, 0.15) is 0 Å². The van der Waals surface area contributed by atoms with Crippen molar-refractivity contribution in [1.82, 2.24) is 5.16 Å². The molecule has 0 unspecified atom stereocenters. The molecule has 8 heteroatoms. The zero-order chi connectivity index (χ0) is 19.6. The van der Waals surface area contributed by atoms with Gasteiger partial charge in [-0.2, -0.15) is 0 Å². The minimum absolute atomic E-state index is 0.579. The molecule has 0 aliphatic carbocycles. The van der Waals surface area contributed by atoms with E-state index in [1.54, 1.807) is 34.6 Å². The lowest BCUT2D eigenvalue weighted by molar-refractivity contribution is 0.354. The Kier molecular flexibility index (Phi) is 5.96. The maximum absolute atomic E-state index is 5.57. The number of halogens is 2. The standard InChI is InChI=1S/C19H17Br2NO5/c1-23-15-5-10(13(20)7-17(15)25-3)12-9-22-27-19(12)11-6-16(24-2)18(26-4)8-14(11)21/h5-9H,1-4H3. The van der Waals surface area contributed by atoms with E-state index in [4.69, 9.17) is 23.5 Å². The second-order valence-electron chi connectivity index (χ2n) is 5.44. The third-order valence-electron chi connectivity index (χ3n) is 4.05. The molecule has 1 heterocycles. The summed E-state index contributed by atoms with van der Waals surface area (Å²) in [5, 5.41) is 3.99. The number of methoxy groups -OCH3 is 4. The van der Waals surface area contributed by atoms with E-state index in [-0.39, 0.29) is 0 Å². The Balaban J connectivity index is 2.19. The van der Waals surface area contributed by atoms with Gasteiger partial charge >= 0.3 is 0 Å². The molecule has 0 atom stereocenters. The second-order valence-corrected chi connectivity index (χ2v) is 7.15. The second kappa shape index (κ2) is 8.22. The lowest BCUT2D eigenvalue weighted by Crippen LogP contribution is -1.94. The van der Waals surface area contributed by atoms with Crippen LogP contribution in [0.4, 0.5) is 0 Å². The first-order chi connectivity index (χ1) is 13.0. The highest BCUT2D eigenvalue weighted by molar-refractivity contribution is 9.11. The van der Waals surface area contributed by atoms with Crippen molar-refractivity contribution in [3.8, 4) is 45.4 Å². The molecular formula is C19H17Br2NO5. The van der Waals surface area contributed by atoms with Crippen LogP contribution in [0.2, 0.25) is 0 Å². The number of ether oxygens (including phenoxy) is 4. The summed E-state index contributed by atoms with van der Waals surface area (Å²) in [5.41, 5.74) is 2.42. The van der Waals surface area contributed by atoms with Crippen molar-refractivity contribution in [2.45, 2.75) is 0 Å². The Morgan fingerprint density at radius 1 is 0.667 bits per heavy atom. The minimum Gasteiger partial charge on any atom is -0.493 e. The van der Waals surface area contributed by atoms with Crippen LogP contribution in [-0.4, -0.2) is 33.6 Å². The summed E-state index contributed by atoms with van der Waals surface area (Å²) in [6.07, 6.45) is 1.66. The molecule has 0 N–H and O–H groups in total. The number of aromatic nitrogens is 1. The Hall–Kier alpha value is -2.19. The molecule has 2 aromatic carbocycles. The van der Waals surface area contributed by atoms with Crippen LogP contribution in [-0.2, 0) is 0 Å². The van der Waals surface area contributed by atoms with Crippen molar-refractivity contribution < 1.29 is 23.5 Å². The number of rotatable bonds is 6. The van der Waals surface area contributed by atoms with Gasteiger partial charge in [0.05, 0.1) is 40.2 Å². The average molecular weight is 499 g/mol. The first kappa shape index (κ1) is 19.6. The monoisotopic (exact) mass is 497 g/mol. The summed E-state index contributed by atoms with van der Waals surface area (Å²) >= 11 is 7.16. The van der Waals surface area contributed by atoms with E-state index >= 15 is 0 Å². The van der Waals surface area contributed by atoms with Crippen LogP contribution in [0.15, 0.2) is 43.9 Å². The maximum Gasteiger partial charge on any atom is 0.175 e. The van der Waals surface area contributed by atoms with Crippen LogP contribution in [0.3, 0.4) is 0 Å². The molecule has 0 fully saturated rings. The fraction of sp³-hybridized carbons (Fsp3) is 0.211. The van der Waals surface area contributed by atoms with E-state index in [2.05, 4.69) is 37.0 Å². The van der Waals surface area contributed by atoms with E-state index in [0.717, 1.165) is 25.6 Å². The number of nitrogens with zero attached hydrogens (tertiary/aromatic N) is 1. The molecule has 1 aromatic heterocycles. The quantitative estimate of drug-likeness (QED) is 0.442. The molecule has 0 saturated heterocycles. The summed E-state index contributed by atoms with van der Waals surface area (Å²) in [6.45, 7) is 0. The number of hydrogen-bond acceptors (Lipinski definition) is 6. The molecule has 142 valence electrons. The van der Waals surface area contributed by atoms with Gasteiger partial charge in [0, 0.05) is 20.1 Å². The Bertz CT molecular complexity index is 895. The van der Waals surface area contributed by atoms with Crippen molar-refractivity contribution >= 4 is 31.9 Å². The minimum atomic E-state index is 0.579. The van der Waals surface area contributed by atoms with Crippen molar-refractivity contribution in [2.24, 2.45) is 0 Å². The van der Waals surface area contributed by atoms with Crippen LogP contribution in [0.1, 0.15) is 0 Å². The van der Waals surface area contributed by atoms with E-state index in [1.807, 2.05) is 24.3 Å². The third-order valence-corrected chi connectivity index (χ3v) is 5.36. The zero-order valence-electron chi connectivity index (χ0n) is 15.1. The molecule has 0 spiro atoms. The van der Waals surface area contributed by atoms with Crippen LogP contribution < -0.4 is 18.9 Å². The first-order valence-corrected chi connectivity index (χ1v) is 9.41. The molecule has 0 aliphatic rings. The topological polar surface area (TPSA) is 63.0 Å². The van der Waals surface area contributed by atoms with Crippen LogP contribution >= 0.6 is 31.9 Å². The van der Waals surface area contributed by atoms with Crippen molar-refractivity contribution in [2.75, 3.05) is 28.4 Å². The smallest absolute Gasteiger partial charge is 0.175 e. The molecule has 3 aromatic rings. The van der Waals surface area contributed by atoms with Gasteiger partial charge in [-0.15, -0.1) is 0 Å². The van der Waals surface area contributed by atoms with Crippen LogP contribution in [0.25, 0.3) is 22.5 Å². The summed E-state index contributed by atoms with van der Waals surface area (Å²) in [7, 11) is 6.36. The number of hydrogen-bond donors (Lipinski definition) is 0. The van der Waals surface area contributed by atoms with Gasteiger partial charge in [-0.3, -0.25) is 0 Å². The molecule has 3 rings (SSSR count). The highest BCUT2D eigenvalue weighted by Gasteiger charge is 2.21. The predicted molar refractivity (Wildman–Crippen MR) is 109 cm³/mol. The van der Waals surface area contributed by atoms with E-state index in [9.17, 15) is 0 Å². The average Bonchev–Trinajstić information content (AvgIpc) is 3.16. The largest absolute Gasteiger partial charge is 0.493 e. The highest BCUT2D eigenvalue weighted by Crippen LogP contribution is 2.45. The van der Waals surface area contributed by atoms with Crippen molar-refractivity contribution in [1.29, 1.82) is 0 Å². The van der Waals surface area contributed by atoms with Gasteiger partial charge in [-0.25, -0.2) is 0 Å². The fourth-order valence-corrected chi connectivity index (χ4v) is 3.75. The van der Waals surface area contributed by atoms with Gasteiger partial charge in [0.25, 0.3) is 0 Å². The molecule has 0 saturated carbocycles. The number of benzene rings is 2. The third kappa shape index (κ3) is 3.64. The molecule has 0 bridgehead atoms. The molecule has 6 nitrogen and oxygen atoms in total. The van der Waals surface area contributed by atoms with E-state index in [1.165, 1.54) is 0 Å². The molecule has 0 radical (unpaired) electrons. The molecule has 0 amide bonds. The van der Waals surface area contributed by atoms with Crippen molar-refractivity contribution in [3.05, 3.63) is 39.4 Å². The van der Waals surface area contributed by atoms with Gasteiger partial charge in [0.15, 0.2) is 28.8 Å². The Morgan fingerprint density at radius 3 is 1.63 bits per heavy atom. The summed E-state index contributed by atoms with van der Waals surface area (Å²) in [6, 6.07) is 7.37. The zero-order valence-corrected chi connectivity index (χ0v) is 18.3. The predicted octanol–water partition coefficient (Wildman–Crippen LogP) is 5.57. The highest BCUT2D eigenvalue weighted by atomic mass is 79.9. The summed E-state index contributed by atoms with van der Waals surface area (Å²) in [4.78, 5) is 0. The van der Waals surface area contributed by atoms with Gasteiger partial charge in [-0.05, 0) is 40.2 Å². The SMILES string of the molecule is COc1cc(Br)c(-c2cnoc2-c2cc(OC)c(OC)cc2Br)cc1OC. The van der Waals surface area contributed by atoms with E-state index in [0.29, 0.717) is 28.8 Å². The Labute approximate surface area is 173 Å². The van der Waals surface area contributed by atoms with Crippen LogP contribution in [0.5, 0.6) is 23.0 Å². The summed E-state index contributed by atoms with van der Waals surface area (Å²) < 4.78 is 28.7. The fourth-order valence-electron chi connectivity index (χ4n) is 2.71. The summed E-state index contributed by atoms with van der Waals surface area (Å²) in [5.74, 6) is 3.01. The normalized spacial score (nSPS) is 10.6. The Morgan fingerprint density at radius 2 is 1.11 bits per heavy atom. The molecule has 0 aliphatic heterocycles. The van der Waals surface area contributed by atoms with Crippen LogP contribution in [0, 0.1) is 0 Å². The maximum atomic E-state index is 5.57. The molecule has 27 heavy (non-hydrogen) atoms. The lowest BCUT2D eigenvalue weighted by atomic mass is 10.0. The van der Waals surface area contributed by atoms with Gasteiger partial charge in [-0.1, -0.05) is 21.1 Å². The first-order valence-electron chi connectivity index (χ1n) is 7.82.